The SMILES string of the molecule is Cc1c(C(=O)Nc2ccc(N3CCCS3(=O)=O)cc2)[nH]c2c1C(=O)CC(C)(C)C2. The summed E-state index contributed by atoms with van der Waals surface area (Å²) in [5.41, 5.74) is 3.58. The predicted octanol–water partition coefficient (Wildman–Crippen LogP) is 3.27. The van der Waals surface area contributed by atoms with Crippen molar-refractivity contribution in [2.24, 2.45) is 5.41 Å². The maximum atomic E-state index is 12.8. The normalized spacial score (nSPS) is 19.8. The Labute approximate surface area is 170 Å². The molecule has 0 spiro atoms. The lowest BCUT2D eigenvalue weighted by molar-refractivity contribution is 0.0910. The fourth-order valence-corrected chi connectivity index (χ4v) is 5.86. The van der Waals surface area contributed by atoms with Gasteiger partial charge in [0.2, 0.25) is 10.0 Å². The maximum Gasteiger partial charge on any atom is 0.272 e. The second kappa shape index (κ2) is 6.73. The molecule has 1 amide bonds. The molecule has 2 heterocycles. The number of carbonyl (C=O) groups excluding carboxylic acids is 2. The molecule has 8 heteroatoms. The molecule has 0 unspecified atom stereocenters. The third-order valence-corrected chi connectivity index (χ3v) is 7.51. The minimum absolute atomic E-state index is 0.0697. The number of fused-ring (bicyclic) bond motifs is 1. The van der Waals surface area contributed by atoms with E-state index in [-0.39, 0.29) is 22.9 Å². The van der Waals surface area contributed by atoms with Crippen LogP contribution in [0.1, 0.15) is 58.8 Å². The van der Waals surface area contributed by atoms with Gasteiger partial charge in [-0.05, 0) is 55.0 Å². The minimum atomic E-state index is -3.23. The smallest absolute Gasteiger partial charge is 0.272 e. The zero-order valence-corrected chi connectivity index (χ0v) is 17.6. The van der Waals surface area contributed by atoms with Gasteiger partial charge in [0.1, 0.15) is 5.69 Å². The highest BCUT2D eigenvalue weighted by Crippen LogP contribution is 2.37. The molecule has 1 aromatic heterocycles. The lowest BCUT2D eigenvalue weighted by atomic mass is 9.75. The number of hydrogen-bond donors (Lipinski definition) is 2. The molecule has 154 valence electrons. The van der Waals surface area contributed by atoms with E-state index in [1.54, 1.807) is 31.2 Å². The molecule has 1 fully saturated rings. The van der Waals surface area contributed by atoms with Crippen LogP contribution in [0.25, 0.3) is 0 Å². The fourth-order valence-electron chi connectivity index (χ4n) is 4.29. The summed E-state index contributed by atoms with van der Waals surface area (Å²) in [5.74, 6) is -0.0816. The van der Waals surface area contributed by atoms with Crippen LogP contribution in [0.5, 0.6) is 0 Å². The number of nitrogens with one attached hydrogen (secondary N) is 2. The first kappa shape index (κ1) is 19.7. The lowest BCUT2D eigenvalue weighted by Crippen LogP contribution is -2.26. The minimum Gasteiger partial charge on any atom is -0.354 e. The molecule has 1 aromatic carbocycles. The summed E-state index contributed by atoms with van der Waals surface area (Å²) in [6.07, 6.45) is 1.81. The van der Waals surface area contributed by atoms with Crippen LogP contribution in [0.4, 0.5) is 11.4 Å². The number of aromatic nitrogens is 1. The Balaban J connectivity index is 1.54. The number of benzene rings is 1. The van der Waals surface area contributed by atoms with Crippen molar-refractivity contribution in [2.45, 2.75) is 40.0 Å². The number of Topliss-reactive ketones (excluding diaryl/α,β-unsaturated/α-hetero) is 1. The Kier molecular flexibility index (Phi) is 4.57. The van der Waals surface area contributed by atoms with Crippen molar-refractivity contribution >= 4 is 33.1 Å². The van der Waals surface area contributed by atoms with E-state index in [1.165, 1.54) is 4.31 Å². The Morgan fingerprint density at radius 2 is 1.86 bits per heavy atom. The van der Waals surface area contributed by atoms with Crippen LogP contribution in [0, 0.1) is 12.3 Å². The van der Waals surface area contributed by atoms with E-state index in [2.05, 4.69) is 10.3 Å². The molecule has 4 rings (SSSR count). The van der Waals surface area contributed by atoms with Gasteiger partial charge >= 0.3 is 0 Å². The van der Waals surface area contributed by atoms with Crippen molar-refractivity contribution in [3.8, 4) is 0 Å². The zero-order chi connectivity index (χ0) is 21.0. The number of sulfonamides is 1. The van der Waals surface area contributed by atoms with Gasteiger partial charge in [-0.25, -0.2) is 8.42 Å². The molecule has 0 saturated carbocycles. The van der Waals surface area contributed by atoms with Crippen LogP contribution in [0.15, 0.2) is 24.3 Å². The van der Waals surface area contributed by atoms with Crippen molar-refractivity contribution in [1.29, 1.82) is 0 Å². The van der Waals surface area contributed by atoms with Crippen LogP contribution >= 0.6 is 0 Å². The first-order valence-corrected chi connectivity index (χ1v) is 11.3. The first-order chi connectivity index (χ1) is 13.6. The third kappa shape index (κ3) is 3.57. The summed E-state index contributed by atoms with van der Waals surface area (Å²) in [7, 11) is -3.23. The van der Waals surface area contributed by atoms with Gasteiger partial charge in [-0.2, -0.15) is 0 Å². The molecule has 1 saturated heterocycles. The second-order valence-corrected chi connectivity index (χ2v) is 10.7. The van der Waals surface area contributed by atoms with Gasteiger partial charge in [0, 0.05) is 29.9 Å². The summed E-state index contributed by atoms with van der Waals surface area (Å²) in [4.78, 5) is 28.5. The second-order valence-electron chi connectivity index (χ2n) is 8.66. The largest absolute Gasteiger partial charge is 0.354 e. The monoisotopic (exact) mass is 415 g/mol. The fraction of sp³-hybridized carbons (Fsp3) is 0.429. The van der Waals surface area contributed by atoms with Crippen LogP contribution < -0.4 is 9.62 Å². The highest BCUT2D eigenvalue weighted by Gasteiger charge is 2.35. The number of ketones is 1. The predicted molar refractivity (Wildman–Crippen MR) is 112 cm³/mol. The average Bonchev–Trinajstić information content (AvgIpc) is 3.13. The lowest BCUT2D eigenvalue weighted by Gasteiger charge is -2.28. The van der Waals surface area contributed by atoms with Gasteiger partial charge in [0.25, 0.3) is 5.91 Å². The van der Waals surface area contributed by atoms with E-state index < -0.39 is 10.0 Å². The molecule has 7 nitrogen and oxygen atoms in total. The summed E-state index contributed by atoms with van der Waals surface area (Å²) in [5, 5.41) is 2.83. The van der Waals surface area contributed by atoms with Crippen LogP contribution in [0.3, 0.4) is 0 Å². The number of aromatic amines is 1. The summed E-state index contributed by atoms with van der Waals surface area (Å²) >= 11 is 0. The number of carbonyl (C=O) groups is 2. The number of nitrogens with zero attached hydrogens (tertiary/aromatic N) is 1. The Hall–Kier alpha value is -2.61. The van der Waals surface area contributed by atoms with Crippen molar-refractivity contribution in [2.75, 3.05) is 21.9 Å². The molecule has 29 heavy (non-hydrogen) atoms. The highest BCUT2D eigenvalue weighted by molar-refractivity contribution is 7.93. The molecular weight excluding hydrogens is 390 g/mol. The Bertz CT molecular complexity index is 1100. The number of amides is 1. The van der Waals surface area contributed by atoms with Gasteiger partial charge < -0.3 is 10.3 Å². The molecule has 2 N–H and O–H groups in total. The van der Waals surface area contributed by atoms with Crippen molar-refractivity contribution < 1.29 is 18.0 Å². The van der Waals surface area contributed by atoms with E-state index in [0.29, 0.717) is 47.6 Å². The number of rotatable bonds is 3. The van der Waals surface area contributed by atoms with Crippen molar-refractivity contribution in [1.82, 2.24) is 4.98 Å². The molecular formula is C21H25N3O4S. The third-order valence-electron chi connectivity index (χ3n) is 5.64. The molecule has 0 atom stereocenters. The van der Waals surface area contributed by atoms with Crippen molar-refractivity contribution in [3.63, 3.8) is 0 Å². The van der Waals surface area contributed by atoms with E-state index in [4.69, 9.17) is 0 Å². The topological polar surface area (TPSA) is 99.3 Å². The van der Waals surface area contributed by atoms with E-state index >= 15 is 0 Å². The maximum absolute atomic E-state index is 12.8. The summed E-state index contributed by atoms with van der Waals surface area (Å²) < 4.78 is 25.5. The summed E-state index contributed by atoms with van der Waals surface area (Å²) in [6, 6.07) is 6.76. The summed E-state index contributed by atoms with van der Waals surface area (Å²) in [6.45, 7) is 6.37. The molecule has 1 aliphatic carbocycles. The van der Waals surface area contributed by atoms with E-state index in [1.807, 2.05) is 13.8 Å². The molecule has 0 bridgehead atoms. The van der Waals surface area contributed by atoms with Crippen LogP contribution in [0.2, 0.25) is 0 Å². The molecule has 2 aliphatic rings. The van der Waals surface area contributed by atoms with E-state index in [9.17, 15) is 18.0 Å². The van der Waals surface area contributed by atoms with Gasteiger partial charge in [-0.1, -0.05) is 13.8 Å². The van der Waals surface area contributed by atoms with Crippen LogP contribution in [-0.2, 0) is 16.4 Å². The average molecular weight is 416 g/mol. The Morgan fingerprint density at radius 3 is 2.48 bits per heavy atom. The first-order valence-electron chi connectivity index (χ1n) is 9.74. The van der Waals surface area contributed by atoms with E-state index in [0.717, 1.165) is 12.1 Å². The molecule has 2 aromatic rings. The van der Waals surface area contributed by atoms with Crippen LogP contribution in [-0.4, -0.2) is 37.4 Å². The van der Waals surface area contributed by atoms with Gasteiger partial charge in [-0.3, -0.25) is 13.9 Å². The standard InChI is InChI=1S/C21H25N3O4S/c1-13-18-16(11-21(2,3)12-17(18)25)23-19(13)20(26)22-14-5-7-15(8-6-14)24-9-4-10-29(24,27)28/h5-8,23H,4,9-12H2,1-3H3,(H,22,26). The number of anilines is 2. The van der Waals surface area contributed by atoms with Gasteiger partial charge in [-0.15, -0.1) is 0 Å². The van der Waals surface area contributed by atoms with Gasteiger partial charge in [0.05, 0.1) is 11.4 Å². The van der Waals surface area contributed by atoms with Gasteiger partial charge in [0.15, 0.2) is 5.78 Å². The molecule has 0 radical (unpaired) electrons. The highest BCUT2D eigenvalue weighted by atomic mass is 32.2. The quantitative estimate of drug-likeness (QED) is 0.804. The van der Waals surface area contributed by atoms with Crippen molar-refractivity contribution in [3.05, 3.63) is 46.8 Å². The molecule has 1 aliphatic heterocycles. The number of hydrogen-bond acceptors (Lipinski definition) is 4. The Morgan fingerprint density at radius 1 is 1.17 bits per heavy atom. The number of H-pyrrole nitrogens is 1. The zero-order valence-electron chi connectivity index (χ0n) is 16.8.